The quantitative estimate of drug-likeness (QED) is 0.330. The fraction of sp³-hybridized carbons (Fsp3) is 0.630. The number of thioether (sulfide) groups is 2. The summed E-state index contributed by atoms with van der Waals surface area (Å²) in [7, 11) is 0. The molecular weight excluding hydrogens is 540 g/mol. The Bertz CT molecular complexity index is 996. The number of hydrogen-bond acceptors (Lipinski definition) is 8. The van der Waals surface area contributed by atoms with E-state index in [4.69, 9.17) is 4.74 Å². The maximum absolute atomic E-state index is 13.5. The number of carbonyl (C=O) groups excluding carboxylic acids is 4. The molecule has 218 valence electrons. The molecule has 4 amide bonds. The highest BCUT2D eigenvalue weighted by atomic mass is 32.2. The van der Waals surface area contributed by atoms with Crippen molar-refractivity contribution in [2.75, 3.05) is 23.6 Å². The van der Waals surface area contributed by atoms with Gasteiger partial charge in [0, 0.05) is 17.0 Å². The van der Waals surface area contributed by atoms with Gasteiger partial charge in [-0.05, 0) is 59.8 Å². The monoisotopic (exact) mass is 582 g/mol. The van der Waals surface area contributed by atoms with Crippen LogP contribution >= 0.6 is 23.5 Å². The first-order valence-corrected chi connectivity index (χ1v) is 15.4. The molecule has 2 rings (SSSR count). The zero-order valence-corrected chi connectivity index (χ0v) is 25.4. The zero-order chi connectivity index (χ0) is 29.4. The van der Waals surface area contributed by atoms with Crippen LogP contribution in [0.15, 0.2) is 30.3 Å². The third-order valence-electron chi connectivity index (χ3n) is 5.57. The van der Waals surface area contributed by atoms with E-state index in [2.05, 4.69) is 16.0 Å². The van der Waals surface area contributed by atoms with E-state index in [1.807, 2.05) is 51.1 Å². The molecule has 4 N–H and O–H groups in total. The van der Waals surface area contributed by atoms with Crippen LogP contribution in [0.4, 0.5) is 4.79 Å². The van der Waals surface area contributed by atoms with Crippen molar-refractivity contribution < 1.29 is 29.0 Å². The van der Waals surface area contributed by atoms with E-state index < -0.39 is 53.3 Å². The summed E-state index contributed by atoms with van der Waals surface area (Å²) in [6, 6.07) is 6.47. The first kappa shape index (κ1) is 32.8. The van der Waals surface area contributed by atoms with Gasteiger partial charge in [-0.1, -0.05) is 30.3 Å². The van der Waals surface area contributed by atoms with E-state index in [9.17, 15) is 24.3 Å². The lowest BCUT2D eigenvalue weighted by Crippen LogP contribution is -2.59. The summed E-state index contributed by atoms with van der Waals surface area (Å²) in [5, 5.41) is 19.5. The van der Waals surface area contributed by atoms with Gasteiger partial charge in [-0.15, -0.1) is 11.8 Å². The summed E-state index contributed by atoms with van der Waals surface area (Å²) in [5.74, 6) is -0.577. The van der Waals surface area contributed by atoms with Crippen molar-refractivity contribution in [3.05, 3.63) is 35.9 Å². The molecule has 10 nitrogen and oxygen atoms in total. The largest absolute Gasteiger partial charge is 0.444 e. The Hall–Kier alpha value is -2.44. The van der Waals surface area contributed by atoms with Crippen LogP contribution in [0.5, 0.6) is 0 Å². The SMILES string of the molecule is CSC[C@H](NC(=O)OC(C)(C)C)C(=O)N[C@@H](Cc1ccccc1)[C@H](O)C(=O)N1CSC[C@@H]1C(=O)NC(C)(C)C. The molecule has 12 heteroatoms. The van der Waals surface area contributed by atoms with Crippen molar-refractivity contribution in [2.24, 2.45) is 0 Å². The molecule has 1 aromatic rings. The highest BCUT2D eigenvalue weighted by Crippen LogP contribution is 2.24. The molecule has 0 unspecified atom stereocenters. The number of hydrogen-bond donors (Lipinski definition) is 4. The molecule has 1 saturated heterocycles. The number of nitrogens with zero attached hydrogens (tertiary/aromatic N) is 1. The predicted molar refractivity (Wildman–Crippen MR) is 155 cm³/mol. The van der Waals surface area contributed by atoms with Crippen LogP contribution in [0.3, 0.4) is 0 Å². The first-order valence-electron chi connectivity index (χ1n) is 12.8. The lowest BCUT2D eigenvalue weighted by atomic mass is 9.99. The Morgan fingerprint density at radius 3 is 2.31 bits per heavy atom. The summed E-state index contributed by atoms with van der Waals surface area (Å²) in [4.78, 5) is 53.4. The van der Waals surface area contributed by atoms with E-state index in [1.165, 1.54) is 28.4 Å². The Labute approximate surface area is 239 Å². The molecule has 1 fully saturated rings. The summed E-state index contributed by atoms with van der Waals surface area (Å²) >= 11 is 2.78. The van der Waals surface area contributed by atoms with Gasteiger partial charge < -0.3 is 30.7 Å². The van der Waals surface area contributed by atoms with Gasteiger partial charge in [0.1, 0.15) is 17.7 Å². The fourth-order valence-corrected chi connectivity index (χ4v) is 5.60. The van der Waals surface area contributed by atoms with Crippen molar-refractivity contribution in [1.82, 2.24) is 20.9 Å². The van der Waals surface area contributed by atoms with Crippen LogP contribution in [0, 0.1) is 0 Å². The van der Waals surface area contributed by atoms with E-state index in [-0.39, 0.29) is 24.0 Å². The van der Waals surface area contributed by atoms with Crippen LogP contribution < -0.4 is 16.0 Å². The fourth-order valence-electron chi connectivity index (χ4n) is 3.86. The second-order valence-electron chi connectivity index (χ2n) is 11.5. The Balaban J connectivity index is 2.24. The highest BCUT2D eigenvalue weighted by Gasteiger charge is 2.41. The van der Waals surface area contributed by atoms with Gasteiger partial charge in [0.15, 0.2) is 6.10 Å². The molecule has 0 aliphatic carbocycles. The molecule has 1 heterocycles. The molecule has 1 aliphatic rings. The number of aliphatic hydroxyl groups excluding tert-OH is 1. The third-order valence-corrected chi connectivity index (χ3v) is 7.25. The highest BCUT2D eigenvalue weighted by molar-refractivity contribution is 7.99. The zero-order valence-electron chi connectivity index (χ0n) is 23.8. The first-order chi connectivity index (χ1) is 18.1. The summed E-state index contributed by atoms with van der Waals surface area (Å²) in [6.07, 6.45) is -0.397. The van der Waals surface area contributed by atoms with E-state index in [0.29, 0.717) is 5.75 Å². The Morgan fingerprint density at radius 1 is 1.10 bits per heavy atom. The molecule has 0 aromatic heterocycles. The molecule has 0 bridgehead atoms. The number of rotatable bonds is 10. The Kier molecular flexibility index (Phi) is 12.0. The number of amides is 4. The number of ether oxygens (including phenoxy) is 1. The minimum Gasteiger partial charge on any atom is -0.444 e. The van der Waals surface area contributed by atoms with E-state index >= 15 is 0 Å². The molecule has 0 spiro atoms. The maximum atomic E-state index is 13.5. The topological polar surface area (TPSA) is 137 Å². The Morgan fingerprint density at radius 2 is 1.74 bits per heavy atom. The van der Waals surface area contributed by atoms with Gasteiger partial charge >= 0.3 is 6.09 Å². The summed E-state index contributed by atoms with van der Waals surface area (Å²) < 4.78 is 5.30. The molecule has 0 radical (unpaired) electrons. The van der Waals surface area contributed by atoms with Gasteiger partial charge in [-0.2, -0.15) is 11.8 Å². The van der Waals surface area contributed by atoms with Crippen molar-refractivity contribution in [3.63, 3.8) is 0 Å². The molecule has 1 aliphatic heterocycles. The predicted octanol–water partition coefficient (Wildman–Crippen LogP) is 2.15. The van der Waals surface area contributed by atoms with Crippen molar-refractivity contribution >= 4 is 47.3 Å². The molecule has 0 saturated carbocycles. The van der Waals surface area contributed by atoms with Gasteiger partial charge in [-0.25, -0.2) is 4.79 Å². The molecule has 1 aromatic carbocycles. The van der Waals surface area contributed by atoms with Gasteiger partial charge in [0.05, 0.1) is 11.9 Å². The van der Waals surface area contributed by atoms with Crippen LogP contribution in [0.1, 0.15) is 47.1 Å². The number of carbonyl (C=O) groups is 4. The number of benzene rings is 1. The average Bonchev–Trinajstić information content (AvgIpc) is 3.31. The average molecular weight is 583 g/mol. The van der Waals surface area contributed by atoms with Crippen LogP contribution in [-0.4, -0.2) is 92.8 Å². The third kappa shape index (κ3) is 10.9. The lowest BCUT2D eigenvalue weighted by molar-refractivity contribution is -0.147. The molecule has 4 atom stereocenters. The standard InChI is InChI=1S/C27H42N4O6S2/c1-26(2,3)30-23(34)20-15-39-16-31(20)24(35)21(32)18(13-17-11-9-8-10-12-17)28-22(33)19(14-38-7)29-25(36)37-27(4,5)6/h8-12,18-21,32H,13-16H2,1-7H3,(H,28,33)(H,29,36)(H,30,34)/t18-,19-,20+,21-/m0/s1. The van der Waals surface area contributed by atoms with E-state index in [1.54, 1.807) is 27.0 Å². The van der Waals surface area contributed by atoms with E-state index in [0.717, 1.165) is 5.56 Å². The van der Waals surface area contributed by atoms with Crippen molar-refractivity contribution in [1.29, 1.82) is 0 Å². The van der Waals surface area contributed by atoms with Crippen LogP contribution in [0.2, 0.25) is 0 Å². The smallest absolute Gasteiger partial charge is 0.408 e. The second kappa shape index (κ2) is 14.3. The second-order valence-corrected chi connectivity index (χ2v) is 13.4. The number of alkyl carbamates (subject to hydrolysis) is 1. The summed E-state index contributed by atoms with van der Waals surface area (Å²) in [5.41, 5.74) is -0.421. The minimum absolute atomic E-state index is 0.164. The van der Waals surface area contributed by atoms with Gasteiger partial charge in [0.2, 0.25) is 11.8 Å². The number of aliphatic hydroxyl groups is 1. The normalized spacial score (nSPS) is 18.1. The molecule has 39 heavy (non-hydrogen) atoms. The molecular formula is C27H42N4O6S2. The number of nitrogens with one attached hydrogen (secondary N) is 3. The van der Waals surface area contributed by atoms with Gasteiger partial charge in [-0.3, -0.25) is 14.4 Å². The van der Waals surface area contributed by atoms with Crippen molar-refractivity contribution in [3.8, 4) is 0 Å². The van der Waals surface area contributed by atoms with Gasteiger partial charge in [0.25, 0.3) is 5.91 Å². The minimum atomic E-state index is -1.62. The van der Waals surface area contributed by atoms with Crippen LogP contribution in [-0.2, 0) is 25.5 Å². The maximum Gasteiger partial charge on any atom is 0.408 e. The van der Waals surface area contributed by atoms with Crippen molar-refractivity contribution in [2.45, 2.75) is 83.3 Å². The van der Waals surface area contributed by atoms with Crippen LogP contribution in [0.25, 0.3) is 0 Å². The lowest BCUT2D eigenvalue weighted by Gasteiger charge is -2.32. The summed E-state index contributed by atoms with van der Waals surface area (Å²) in [6.45, 7) is 10.7.